The standard InChI is InChI=1S/C24H30O6Si/c1-27-23(25)16-9-19-7-12-22(13-8-19)30-24(26)20-10-14-21(15-11-20)29-17-5-6-18-31(3,4)28-2/h7-16H,5-6,17-18H2,1-4H3/b16-9+. The summed E-state index contributed by atoms with van der Waals surface area (Å²) < 4.78 is 21.2. The Hall–Kier alpha value is -2.90. The van der Waals surface area contributed by atoms with Crippen molar-refractivity contribution >= 4 is 26.3 Å². The SMILES string of the molecule is COC(=O)/C=C/c1ccc(OC(=O)c2ccc(OCCCC[Si](C)(C)OC)cc2)cc1. The fourth-order valence-electron chi connectivity index (χ4n) is 2.68. The maximum absolute atomic E-state index is 12.3. The molecule has 2 aromatic rings. The van der Waals surface area contributed by atoms with E-state index in [2.05, 4.69) is 17.8 Å². The maximum atomic E-state index is 12.3. The molecule has 0 saturated carbocycles. The molecule has 0 aliphatic rings. The summed E-state index contributed by atoms with van der Waals surface area (Å²) in [4.78, 5) is 23.5. The second-order valence-electron chi connectivity index (χ2n) is 7.61. The molecule has 0 amide bonds. The van der Waals surface area contributed by atoms with Gasteiger partial charge in [-0.05, 0) is 73.6 Å². The van der Waals surface area contributed by atoms with Crippen molar-refractivity contribution in [3.8, 4) is 11.5 Å². The Balaban J connectivity index is 1.80. The molecule has 0 N–H and O–H groups in total. The highest BCUT2D eigenvalue weighted by molar-refractivity contribution is 6.71. The minimum absolute atomic E-state index is 0.420. The predicted molar refractivity (Wildman–Crippen MR) is 123 cm³/mol. The van der Waals surface area contributed by atoms with Crippen molar-refractivity contribution in [1.82, 2.24) is 0 Å². The highest BCUT2D eigenvalue weighted by atomic mass is 28.4. The highest BCUT2D eigenvalue weighted by Crippen LogP contribution is 2.18. The zero-order valence-corrected chi connectivity index (χ0v) is 19.6. The summed E-state index contributed by atoms with van der Waals surface area (Å²) in [7, 11) is 1.61. The number of rotatable bonds is 11. The minimum atomic E-state index is -1.50. The van der Waals surface area contributed by atoms with Crippen LogP contribution in [0.5, 0.6) is 11.5 Å². The molecule has 0 fully saturated rings. The van der Waals surface area contributed by atoms with Crippen LogP contribution in [0.4, 0.5) is 0 Å². The number of methoxy groups -OCH3 is 1. The first-order valence-corrected chi connectivity index (χ1v) is 13.3. The lowest BCUT2D eigenvalue weighted by atomic mass is 10.2. The van der Waals surface area contributed by atoms with Crippen LogP contribution >= 0.6 is 0 Å². The van der Waals surface area contributed by atoms with Gasteiger partial charge in [-0.25, -0.2) is 9.59 Å². The first-order chi connectivity index (χ1) is 14.8. The molecule has 0 spiro atoms. The van der Waals surface area contributed by atoms with E-state index in [1.165, 1.54) is 13.2 Å². The van der Waals surface area contributed by atoms with Gasteiger partial charge in [0.25, 0.3) is 0 Å². The van der Waals surface area contributed by atoms with E-state index in [1.807, 2.05) is 0 Å². The van der Waals surface area contributed by atoms with Gasteiger partial charge in [0.05, 0.1) is 19.3 Å². The number of carbonyl (C=O) groups is 2. The summed E-state index contributed by atoms with van der Waals surface area (Å²) in [5, 5.41) is 0. The van der Waals surface area contributed by atoms with Crippen LogP contribution in [0.25, 0.3) is 6.08 Å². The third-order valence-corrected chi connectivity index (χ3v) is 7.45. The van der Waals surface area contributed by atoms with Gasteiger partial charge < -0.3 is 18.6 Å². The zero-order chi connectivity index (χ0) is 22.7. The molecule has 2 aromatic carbocycles. The monoisotopic (exact) mass is 442 g/mol. The first-order valence-electron chi connectivity index (χ1n) is 10.2. The van der Waals surface area contributed by atoms with Gasteiger partial charge in [0.1, 0.15) is 11.5 Å². The van der Waals surface area contributed by atoms with E-state index in [9.17, 15) is 9.59 Å². The number of carbonyl (C=O) groups excluding carboxylic acids is 2. The van der Waals surface area contributed by atoms with Crippen LogP contribution in [0.15, 0.2) is 54.6 Å². The van der Waals surface area contributed by atoms with Gasteiger partial charge in [0, 0.05) is 13.2 Å². The Labute approximate surface area is 184 Å². The smallest absolute Gasteiger partial charge is 0.343 e. The lowest BCUT2D eigenvalue weighted by Crippen LogP contribution is -2.28. The summed E-state index contributed by atoms with van der Waals surface area (Å²) in [6.45, 7) is 5.05. The van der Waals surface area contributed by atoms with E-state index in [0.29, 0.717) is 17.9 Å². The predicted octanol–water partition coefficient (Wildman–Crippen LogP) is 5.10. The lowest BCUT2D eigenvalue weighted by molar-refractivity contribution is -0.134. The Morgan fingerprint density at radius 2 is 1.55 bits per heavy atom. The largest absolute Gasteiger partial charge is 0.494 e. The molecule has 0 saturated heterocycles. The normalized spacial score (nSPS) is 11.4. The zero-order valence-electron chi connectivity index (χ0n) is 18.6. The summed E-state index contributed by atoms with van der Waals surface area (Å²) in [5.41, 5.74) is 1.23. The van der Waals surface area contributed by atoms with E-state index in [1.54, 1.807) is 61.7 Å². The molecule has 0 bridgehead atoms. The molecule has 0 heterocycles. The van der Waals surface area contributed by atoms with Crippen molar-refractivity contribution in [2.24, 2.45) is 0 Å². The van der Waals surface area contributed by atoms with Gasteiger partial charge >= 0.3 is 11.9 Å². The van der Waals surface area contributed by atoms with E-state index in [0.717, 1.165) is 30.2 Å². The lowest BCUT2D eigenvalue weighted by Gasteiger charge is -2.19. The first kappa shape index (κ1) is 24.4. The van der Waals surface area contributed by atoms with Crippen molar-refractivity contribution in [1.29, 1.82) is 0 Å². The molecule has 31 heavy (non-hydrogen) atoms. The fourth-order valence-corrected chi connectivity index (χ4v) is 3.98. The van der Waals surface area contributed by atoms with Gasteiger partial charge in [-0.2, -0.15) is 0 Å². The van der Waals surface area contributed by atoms with Gasteiger partial charge in [-0.3, -0.25) is 0 Å². The average molecular weight is 443 g/mol. The van der Waals surface area contributed by atoms with Crippen LogP contribution in [0.3, 0.4) is 0 Å². The number of esters is 2. The summed E-state index contributed by atoms with van der Waals surface area (Å²) in [6, 6.07) is 14.8. The number of hydrogen-bond acceptors (Lipinski definition) is 6. The molecule has 0 unspecified atom stereocenters. The van der Waals surface area contributed by atoms with Crippen molar-refractivity contribution in [2.45, 2.75) is 32.0 Å². The molecular formula is C24H30O6Si. The third kappa shape index (κ3) is 8.78. The van der Waals surface area contributed by atoms with Gasteiger partial charge in [-0.15, -0.1) is 0 Å². The number of ether oxygens (including phenoxy) is 3. The number of benzene rings is 2. The summed E-state index contributed by atoms with van der Waals surface area (Å²) in [6.07, 6.45) is 4.99. The second kappa shape index (κ2) is 12.1. The molecule has 166 valence electrons. The van der Waals surface area contributed by atoms with Crippen LogP contribution in [0.2, 0.25) is 19.1 Å². The number of unbranched alkanes of at least 4 members (excludes halogenated alkanes) is 1. The van der Waals surface area contributed by atoms with Crippen molar-refractivity contribution < 1.29 is 28.2 Å². The summed E-state index contributed by atoms with van der Waals surface area (Å²) in [5.74, 6) is 0.264. The minimum Gasteiger partial charge on any atom is -0.494 e. The quantitative estimate of drug-likeness (QED) is 0.158. The molecule has 7 heteroatoms. The van der Waals surface area contributed by atoms with Crippen LogP contribution in [0, 0.1) is 0 Å². The number of hydrogen-bond donors (Lipinski definition) is 0. The average Bonchev–Trinajstić information content (AvgIpc) is 2.78. The topological polar surface area (TPSA) is 71.1 Å². The van der Waals surface area contributed by atoms with Gasteiger partial charge in [-0.1, -0.05) is 18.6 Å². The summed E-state index contributed by atoms with van der Waals surface area (Å²) >= 11 is 0. The molecule has 0 aliphatic carbocycles. The molecule has 0 aromatic heterocycles. The Morgan fingerprint density at radius 3 is 2.16 bits per heavy atom. The van der Waals surface area contributed by atoms with Crippen LogP contribution in [-0.2, 0) is 14.0 Å². The molecular weight excluding hydrogens is 412 g/mol. The van der Waals surface area contributed by atoms with E-state index < -0.39 is 20.3 Å². The van der Waals surface area contributed by atoms with Crippen molar-refractivity contribution in [2.75, 3.05) is 20.8 Å². The van der Waals surface area contributed by atoms with E-state index in [4.69, 9.17) is 13.9 Å². The van der Waals surface area contributed by atoms with Gasteiger partial charge in [0.15, 0.2) is 8.32 Å². The molecule has 6 nitrogen and oxygen atoms in total. The Morgan fingerprint density at radius 1 is 0.903 bits per heavy atom. The van der Waals surface area contributed by atoms with Crippen LogP contribution < -0.4 is 9.47 Å². The molecule has 0 aliphatic heterocycles. The molecule has 0 radical (unpaired) electrons. The fraction of sp³-hybridized carbons (Fsp3) is 0.333. The highest BCUT2D eigenvalue weighted by Gasteiger charge is 2.19. The van der Waals surface area contributed by atoms with Crippen LogP contribution in [-0.4, -0.2) is 41.1 Å². The second-order valence-corrected chi connectivity index (χ2v) is 12.0. The van der Waals surface area contributed by atoms with Gasteiger partial charge in [0.2, 0.25) is 0 Å². The van der Waals surface area contributed by atoms with E-state index >= 15 is 0 Å². The Bertz CT molecular complexity index is 872. The molecule has 0 atom stereocenters. The van der Waals surface area contributed by atoms with E-state index in [-0.39, 0.29) is 0 Å². The van der Waals surface area contributed by atoms with Crippen LogP contribution in [0.1, 0.15) is 28.8 Å². The third-order valence-electron chi connectivity index (χ3n) is 4.79. The van der Waals surface area contributed by atoms with Crippen molar-refractivity contribution in [3.63, 3.8) is 0 Å². The maximum Gasteiger partial charge on any atom is 0.343 e. The molecule has 2 rings (SSSR count). The Kier molecular flexibility index (Phi) is 9.49. The van der Waals surface area contributed by atoms with Crippen molar-refractivity contribution in [3.05, 3.63) is 65.7 Å².